The first kappa shape index (κ1) is 13.8. The van der Waals surface area contributed by atoms with Crippen molar-refractivity contribution in [3.63, 3.8) is 0 Å². The fraction of sp³-hybridized carbons (Fsp3) is 0.533. The number of hydrogen-bond acceptors (Lipinski definition) is 1. The number of hydrogen-bond donors (Lipinski definition) is 0. The molecule has 1 atom stereocenters. The van der Waals surface area contributed by atoms with Gasteiger partial charge in [-0.05, 0) is 31.4 Å². The number of anilines is 1. The molecule has 1 aromatic rings. The summed E-state index contributed by atoms with van der Waals surface area (Å²) in [6, 6.07) is 8.17. The molecule has 0 saturated carbocycles. The van der Waals surface area contributed by atoms with Crippen molar-refractivity contribution in [2.75, 3.05) is 11.4 Å². The minimum Gasteiger partial charge on any atom is -0.312 e. The summed E-state index contributed by atoms with van der Waals surface area (Å²) in [5, 5.41) is 0. The van der Waals surface area contributed by atoms with Crippen LogP contribution in [0, 0.1) is 12.8 Å². The van der Waals surface area contributed by atoms with Crippen molar-refractivity contribution in [1.82, 2.24) is 0 Å². The number of carbonyl (C=O) groups is 1. The van der Waals surface area contributed by atoms with Crippen molar-refractivity contribution in [1.29, 1.82) is 0 Å². The zero-order chi connectivity index (χ0) is 12.8. The molecule has 17 heavy (non-hydrogen) atoms. The predicted octanol–water partition coefficient (Wildman–Crippen LogP) is 3.78. The second-order valence-electron chi connectivity index (χ2n) is 4.48. The summed E-state index contributed by atoms with van der Waals surface area (Å²) in [5.41, 5.74) is 2.27. The van der Waals surface area contributed by atoms with Crippen molar-refractivity contribution in [3.8, 4) is 0 Å². The van der Waals surface area contributed by atoms with Gasteiger partial charge in [-0.3, -0.25) is 4.79 Å². The van der Waals surface area contributed by atoms with Crippen LogP contribution in [0.2, 0.25) is 0 Å². The van der Waals surface area contributed by atoms with Crippen molar-refractivity contribution in [2.24, 2.45) is 5.92 Å². The highest BCUT2D eigenvalue weighted by Gasteiger charge is 2.23. The maximum atomic E-state index is 11.8. The van der Waals surface area contributed by atoms with Crippen LogP contribution in [-0.4, -0.2) is 12.5 Å². The van der Waals surface area contributed by atoms with Crippen molar-refractivity contribution < 1.29 is 4.79 Å². The summed E-state index contributed by atoms with van der Waals surface area (Å²) in [5.74, 6) is 0.803. The molecule has 1 aliphatic heterocycles. The van der Waals surface area contributed by atoms with Gasteiger partial charge in [-0.1, -0.05) is 38.5 Å². The van der Waals surface area contributed by atoms with Crippen LogP contribution >= 0.6 is 0 Å². The van der Waals surface area contributed by atoms with Gasteiger partial charge in [-0.2, -0.15) is 0 Å². The normalized spacial score (nSPS) is 19.6. The molecule has 0 spiro atoms. The van der Waals surface area contributed by atoms with Crippen LogP contribution in [0.25, 0.3) is 0 Å². The van der Waals surface area contributed by atoms with Crippen LogP contribution in [0.5, 0.6) is 0 Å². The number of amides is 1. The van der Waals surface area contributed by atoms with Crippen LogP contribution in [0.1, 0.15) is 39.2 Å². The van der Waals surface area contributed by atoms with E-state index in [2.05, 4.69) is 26.0 Å². The van der Waals surface area contributed by atoms with Crippen LogP contribution in [0.3, 0.4) is 0 Å². The molecule has 0 aliphatic carbocycles. The molecule has 94 valence electrons. The SMILES string of the molecule is CC.Cc1ccc(N2CCC(C)CC2=O)cc1. The van der Waals surface area contributed by atoms with Gasteiger partial charge in [0, 0.05) is 18.7 Å². The Morgan fingerprint density at radius 2 is 1.76 bits per heavy atom. The molecular formula is C15H23NO. The highest BCUT2D eigenvalue weighted by Crippen LogP contribution is 2.23. The Hall–Kier alpha value is -1.31. The Balaban J connectivity index is 0.000000686. The van der Waals surface area contributed by atoms with Crippen LogP contribution in [-0.2, 0) is 4.79 Å². The average molecular weight is 233 g/mol. The summed E-state index contributed by atoms with van der Waals surface area (Å²) in [7, 11) is 0. The minimum atomic E-state index is 0.262. The summed E-state index contributed by atoms with van der Waals surface area (Å²) in [6.07, 6.45) is 1.80. The number of aryl methyl sites for hydroxylation is 1. The maximum Gasteiger partial charge on any atom is 0.227 e. The monoisotopic (exact) mass is 233 g/mol. The third-order valence-electron chi connectivity index (χ3n) is 3.02. The number of benzene rings is 1. The Morgan fingerprint density at radius 1 is 1.18 bits per heavy atom. The van der Waals surface area contributed by atoms with E-state index in [4.69, 9.17) is 0 Å². The van der Waals surface area contributed by atoms with Gasteiger partial charge < -0.3 is 4.90 Å². The molecule has 2 nitrogen and oxygen atoms in total. The Labute approximate surface area is 105 Å². The third-order valence-corrected chi connectivity index (χ3v) is 3.02. The summed E-state index contributed by atoms with van der Waals surface area (Å²) < 4.78 is 0. The highest BCUT2D eigenvalue weighted by atomic mass is 16.2. The van der Waals surface area contributed by atoms with E-state index in [0.717, 1.165) is 18.7 Å². The molecule has 1 aromatic carbocycles. The quantitative estimate of drug-likeness (QED) is 0.722. The Morgan fingerprint density at radius 3 is 2.29 bits per heavy atom. The third kappa shape index (κ3) is 3.58. The molecule has 1 fully saturated rings. The van der Waals surface area contributed by atoms with E-state index in [9.17, 15) is 4.79 Å². The number of nitrogens with zero attached hydrogens (tertiary/aromatic N) is 1. The van der Waals surface area contributed by atoms with Gasteiger partial charge in [0.2, 0.25) is 5.91 Å². The predicted molar refractivity (Wildman–Crippen MR) is 73.3 cm³/mol. The van der Waals surface area contributed by atoms with Gasteiger partial charge in [0.1, 0.15) is 0 Å². The first-order chi connectivity index (χ1) is 8.16. The van der Waals surface area contributed by atoms with E-state index < -0.39 is 0 Å². The van der Waals surface area contributed by atoms with Gasteiger partial charge in [0.25, 0.3) is 0 Å². The van der Waals surface area contributed by atoms with Crippen molar-refractivity contribution in [2.45, 2.75) is 40.5 Å². The standard InChI is InChI=1S/C13H17NO.C2H6/c1-10-3-5-12(6-4-10)14-8-7-11(2)9-13(14)15;1-2/h3-6,11H,7-9H2,1-2H3;1-2H3. The van der Waals surface area contributed by atoms with E-state index in [1.807, 2.05) is 30.9 Å². The van der Waals surface area contributed by atoms with Crippen LogP contribution < -0.4 is 4.90 Å². The maximum absolute atomic E-state index is 11.8. The average Bonchev–Trinajstić information content (AvgIpc) is 2.33. The Bertz CT molecular complexity index is 356. The molecule has 0 N–H and O–H groups in total. The van der Waals surface area contributed by atoms with Gasteiger partial charge in [0.05, 0.1) is 0 Å². The van der Waals surface area contributed by atoms with Gasteiger partial charge >= 0.3 is 0 Å². The van der Waals surface area contributed by atoms with E-state index >= 15 is 0 Å². The molecule has 0 radical (unpaired) electrons. The fourth-order valence-corrected chi connectivity index (χ4v) is 1.98. The fourth-order valence-electron chi connectivity index (χ4n) is 1.98. The van der Waals surface area contributed by atoms with Crippen LogP contribution in [0.4, 0.5) is 5.69 Å². The summed E-state index contributed by atoms with van der Waals surface area (Å²) in [4.78, 5) is 13.7. The topological polar surface area (TPSA) is 20.3 Å². The molecule has 2 heteroatoms. The number of carbonyl (C=O) groups excluding carboxylic acids is 1. The van der Waals surface area contributed by atoms with E-state index in [1.54, 1.807) is 0 Å². The minimum absolute atomic E-state index is 0.262. The lowest BCUT2D eigenvalue weighted by Crippen LogP contribution is -2.38. The van der Waals surface area contributed by atoms with Crippen molar-refractivity contribution >= 4 is 11.6 Å². The lowest BCUT2D eigenvalue weighted by atomic mass is 9.98. The molecule has 1 amide bonds. The van der Waals surface area contributed by atoms with Gasteiger partial charge in [0.15, 0.2) is 0 Å². The van der Waals surface area contributed by atoms with Crippen molar-refractivity contribution in [3.05, 3.63) is 29.8 Å². The molecule has 0 aromatic heterocycles. The zero-order valence-corrected chi connectivity index (χ0v) is 11.4. The summed E-state index contributed by atoms with van der Waals surface area (Å²) >= 11 is 0. The number of rotatable bonds is 1. The highest BCUT2D eigenvalue weighted by molar-refractivity contribution is 5.94. The lowest BCUT2D eigenvalue weighted by Gasteiger charge is -2.30. The Kier molecular flexibility index (Phi) is 5.20. The lowest BCUT2D eigenvalue weighted by molar-refractivity contribution is -0.120. The number of piperidine rings is 1. The largest absolute Gasteiger partial charge is 0.312 e. The molecule has 1 heterocycles. The van der Waals surface area contributed by atoms with Gasteiger partial charge in [-0.15, -0.1) is 0 Å². The molecule has 1 unspecified atom stereocenters. The second kappa shape index (κ2) is 6.43. The molecule has 1 saturated heterocycles. The smallest absolute Gasteiger partial charge is 0.227 e. The first-order valence-corrected chi connectivity index (χ1v) is 6.54. The van der Waals surface area contributed by atoms with Gasteiger partial charge in [-0.25, -0.2) is 0 Å². The molecule has 1 aliphatic rings. The van der Waals surface area contributed by atoms with E-state index in [-0.39, 0.29) is 5.91 Å². The second-order valence-corrected chi connectivity index (χ2v) is 4.48. The van der Waals surface area contributed by atoms with E-state index in [1.165, 1.54) is 5.56 Å². The molecule has 2 rings (SSSR count). The molecular weight excluding hydrogens is 210 g/mol. The summed E-state index contributed by atoms with van der Waals surface area (Å²) in [6.45, 7) is 9.07. The zero-order valence-electron chi connectivity index (χ0n) is 11.4. The first-order valence-electron chi connectivity index (χ1n) is 6.54. The molecule has 0 bridgehead atoms. The van der Waals surface area contributed by atoms with E-state index in [0.29, 0.717) is 12.3 Å². The van der Waals surface area contributed by atoms with Crippen LogP contribution in [0.15, 0.2) is 24.3 Å².